The minimum absolute atomic E-state index is 0.614. The molecule has 0 radical (unpaired) electrons. The van der Waals surface area contributed by atoms with Gasteiger partial charge in [0.2, 0.25) is 0 Å². The van der Waals surface area contributed by atoms with Crippen LogP contribution in [0.25, 0.3) is 21.5 Å². The van der Waals surface area contributed by atoms with Gasteiger partial charge in [0.1, 0.15) is 0 Å². The van der Waals surface area contributed by atoms with Gasteiger partial charge in [-0.3, -0.25) is 0 Å². The zero-order valence-corrected chi connectivity index (χ0v) is 9.93. The Hall–Kier alpha value is -1.47. The number of rotatable bonds is 1. The maximum absolute atomic E-state index is 9.41. The largest absolute Gasteiger partial charge is 0.347 e. The molecule has 0 aliphatic carbocycles. The van der Waals surface area contributed by atoms with E-state index in [9.17, 15) is 9.79 Å². The first-order valence-corrected chi connectivity index (χ1v) is 6.60. The molecule has 84 valence electrons. The molecular formula is C14H11O2P. The van der Waals surface area contributed by atoms with Gasteiger partial charge in [0.15, 0.2) is 8.38 Å². The van der Waals surface area contributed by atoms with E-state index < -0.39 is 8.38 Å². The van der Waals surface area contributed by atoms with Crippen molar-refractivity contribution in [2.24, 2.45) is 0 Å². The summed E-state index contributed by atoms with van der Waals surface area (Å²) in [5.41, 5.74) is 0. The maximum atomic E-state index is 9.41. The Morgan fingerprint density at radius 3 is 2.06 bits per heavy atom. The van der Waals surface area contributed by atoms with Gasteiger partial charge in [-0.25, -0.2) is 0 Å². The van der Waals surface area contributed by atoms with Gasteiger partial charge in [0, 0.05) is 5.30 Å². The lowest BCUT2D eigenvalue weighted by Crippen LogP contribution is -2.01. The van der Waals surface area contributed by atoms with Crippen LogP contribution in [0.3, 0.4) is 0 Å². The summed E-state index contributed by atoms with van der Waals surface area (Å²) in [7, 11) is -2.05. The van der Waals surface area contributed by atoms with Gasteiger partial charge in [-0.05, 0) is 39.7 Å². The standard InChI is InChI=1S/C14H11O2P/c15-17(16)14-7-3-6-12-8-10-4-1-2-5-11(10)9-13(12)14/h1-9,15-16H. The predicted octanol–water partition coefficient (Wildman–Crippen LogP) is 2.91. The zero-order valence-electron chi connectivity index (χ0n) is 9.04. The zero-order chi connectivity index (χ0) is 11.8. The molecule has 2 nitrogen and oxygen atoms in total. The molecule has 3 aromatic carbocycles. The second-order valence-electron chi connectivity index (χ2n) is 3.99. The summed E-state index contributed by atoms with van der Waals surface area (Å²) < 4.78 is 0. The Balaban J connectivity index is 2.43. The lowest BCUT2D eigenvalue weighted by molar-refractivity contribution is 0.497. The molecule has 3 rings (SSSR count). The maximum Gasteiger partial charge on any atom is 0.200 e. The summed E-state index contributed by atoms with van der Waals surface area (Å²) in [6, 6.07) is 17.8. The van der Waals surface area contributed by atoms with Crippen LogP contribution in [0.15, 0.2) is 54.6 Å². The molecule has 0 aromatic heterocycles. The molecule has 0 aliphatic heterocycles. The van der Waals surface area contributed by atoms with Crippen molar-refractivity contribution in [3.63, 3.8) is 0 Å². The van der Waals surface area contributed by atoms with E-state index in [2.05, 4.69) is 12.1 Å². The van der Waals surface area contributed by atoms with Crippen LogP contribution in [0.4, 0.5) is 0 Å². The van der Waals surface area contributed by atoms with Crippen LogP contribution < -0.4 is 5.30 Å². The molecule has 0 fully saturated rings. The summed E-state index contributed by atoms with van der Waals surface area (Å²) >= 11 is 0. The second-order valence-corrected chi connectivity index (χ2v) is 5.05. The minimum Gasteiger partial charge on any atom is -0.347 e. The molecule has 0 unspecified atom stereocenters. The summed E-state index contributed by atoms with van der Waals surface area (Å²) in [5.74, 6) is 0. The van der Waals surface area contributed by atoms with Crippen molar-refractivity contribution in [3.05, 3.63) is 54.6 Å². The topological polar surface area (TPSA) is 40.5 Å². The van der Waals surface area contributed by atoms with Gasteiger partial charge in [0.05, 0.1) is 0 Å². The van der Waals surface area contributed by atoms with Crippen molar-refractivity contribution in [3.8, 4) is 0 Å². The quantitative estimate of drug-likeness (QED) is 0.509. The van der Waals surface area contributed by atoms with Crippen molar-refractivity contribution < 1.29 is 9.79 Å². The van der Waals surface area contributed by atoms with Crippen LogP contribution in [0.2, 0.25) is 0 Å². The van der Waals surface area contributed by atoms with Gasteiger partial charge in [-0.2, -0.15) is 0 Å². The van der Waals surface area contributed by atoms with E-state index >= 15 is 0 Å². The minimum atomic E-state index is -2.05. The Morgan fingerprint density at radius 2 is 1.35 bits per heavy atom. The van der Waals surface area contributed by atoms with Crippen molar-refractivity contribution in [1.29, 1.82) is 0 Å². The van der Waals surface area contributed by atoms with E-state index in [4.69, 9.17) is 0 Å². The third-order valence-electron chi connectivity index (χ3n) is 2.94. The van der Waals surface area contributed by atoms with E-state index in [1.54, 1.807) is 6.07 Å². The molecule has 0 saturated carbocycles. The SMILES string of the molecule is OP(O)c1cccc2cc3ccccc3cc12. The van der Waals surface area contributed by atoms with Crippen LogP contribution in [-0.2, 0) is 0 Å². The van der Waals surface area contributed by atoms with Crippen LogP contribution in [-0.4, -0.2) is 9.79 Å². The van der Waals surface area contributed by atoms with Gasteiger partial charge in [-0.15, -0.1) is 0 Å². The molecular weight excluding hydrogens is 231 g/mol. The van der Waals surface area contributed by atoms with Crippen LogP contribution in [0.1, 0.15) is 0 Å². The molecule has 2 N–H and O–H groups in total. The molecule has 3 aromatic rings. The van der Waals surface area contributed by atoms with Crippen molar-refractivity contribution in [1.82, 2.24) is 0 Å². The lowest BCUT2D eigenvalue weighted by Gasteiger charge is -2.08. The van der Waals surface area contributed by atoms with Crippen LogP contribution >= 0.6 is 8.38 Å². The fourth-order valence-corrected chi connectivity index (χ4v) is 2.75. The van der Waals surface area contributed by atoms with Crippen molar-refractivity contribution >= 4 is 35.2 Å². The summed E-state index contributed by atoms with van der Waals surface area (Å²) in [4.78, 5) is 18.8. The molecule has 0 amide bonds. The highest BCUT2D eigenvalue weighted by molar-refractivity contribution is 7.54. The van der Waals surface area contributed by atoms with E-state index in [1.165, 1.54) is 0 Å². The fourth-order valence-electron chi connectivity index (χ4n) is 2.12. The average molecular weight is 242 g/mol. The highest BCUT2D eigenvalue weighted by Gasteiger charge is 2.09. The summed E-state index contributed by atoms with van der Waals surface area (Å²) in [6.07, 6.45) is 0. The molecule has 0 heterocycles. The van der Waals surface area contributed by atoms with Crippen molar-refractivity contribution in [2.75, 3.05) is 0 Å². The molecule has 17 heavy (non-hydrogen) atoms. The third kappa shape index (κ3) is 1.81. The third-order valence-corrected chi connectivity index (χ3v) is 3.76. The van der Waals surface area contributed by atoms with Crippen molar-refractivity contribution in [2.45, 2.75) is 0 Å². The van der Waals surface area contributed by atoms with E-state index in [-0.39, 0.29) is 0 Å². The van der Waals surface area contributed by atoms with Gasteiger partial charge in [-0.1, -0.05) is 36.4 Å². The Labute approximate surface area is 100 Å². The number of benzene rings is 3. The van der Waals surface area contributed by atoms with Gasteiger partial charge >= 0.3 is 0 Å². The first-order valence-electron chi connectivity index (χ1n) is 5.35. The first kappa shape index (κ1) is 10.7. The monoisotopic (exact) mass is 242 g/mol. The molecule has 0 bridgehead atoms. The van der Waals surface area contributed by atoms with Gasteiger partial charge < -0.3 is 9.79 Å². The average Bonchev–Trinajstić information content (AvgIpc) is 2.35. The first-order chi connectivity index (χ1) is 8.25. The smallest absolute Gasteiger partial charge is 0.200 e. The second kappa shape index (κ2) is 4.08. The summed E-state index contributed by atoms with van der Waals surface area (Å²) in [5, 5.41) is 4.85. The molecule has 0 spiro atoms. The molecule has 0 saturated heterocycles. The molecule has 3 heteroatoms. The lowest BCUT2D eigenvalue weighted by atomic mass is 10.0. The Bertz CT molecular complexity index is 692. The molecule has 0 atom stereocenters. The fraction of sp³-hybridized carbons (Fsp3) is 0. The Kier molecular flexibility index (Phi) is 2.56. The number of fused-ring (bicyclic) bond motifs is 2. The number of hydrogen-bond acceptors (Lipinski definition) is 2. The predicted molar refractivity (Wildman–Crippen MR) is 72.4 cm³/mol. The summed E-state index contributed by atoms with van der Waals surface area (Å²) in [6.45, 7) is 0. The number of hydrogen-bond donors (Lipinski definition) is 2. The van der Waals surface area contributed by atoms with Gasteiger partial charge in [0.25, 0.3) is 0 Å². The normalized spacial score (nSPS) is 11.5. The van der Waals surface area contributed by atoms with E-state index in [1.807, 2.05) is 36.4 Å². The Morgan fingerprint density at radius 1 is 0.706 bits per heavy atom. The van der Waals surface area contributed by atoms with Crippen LogP contribution in [0.5, 0.6) is 0 Å². The highest BCUT2D eigenvalue weighted by atomic mass is 31.2. The molecule has 0 aliphatic rings. The van der Waals surface area contributed by atoms with E-state index in [0.29, 0.717) is 5.30 Å². The highest BCUT2D eigenvalue weighted by Crippen LogP contribution is 2.29. The van der Waals surface area contributed by atoms with Crippen LogP contribution in [0, 0.1) is 0 Å². The van der Waals surface area contributed by atoms with E-state index in [0.717, 1.165) is 21.5 Å².